The van der Waals surface area contributed by atoms with Crippen molar-refractivity contribution in [3.63, 3.8) is 0 Å². The third-order valence-corrected chi connectivity index (χ3v) is 7.98. The number of methoxy groups -OCH3 is 1. The summed E-state index contributed by atoms with van der Waals surface area (Å²) < 4.78 is 7.23. The van der Waals surface area contributed by atoms with Crippen molar-refractivity contribution in [1.29, 1.82) is 0 Å². The van der Waals surface area contributed by atoms with Crippen molar-refractivity contribution in [1.82, 2.24) is 20.1 Å². The van der Waals surface area contributed by atoms with Gasteiger partial charge in [0.1, 0.15) is 12.1 Å². The Morgan fingerprint density at radius 2 is 1.93 bits per heavy atom. The highest BCUT2D eigenvalue weighted by Gasteiger charge is 2.51. The van der Waals surface area contributed by atoms with Gasteiger partial charge >= 0.3 is 0 Å². The van der Waals surface area contributed by atoms with E-state index in [1.807, 2.05) is 35.8 Å². The molecule has 1 heterocycles. The standard InChI is InChI=1S/C22H28N4O2S/c1-14(20(27)24-22-10-15-6-16(11-22)8-17(7-15)12-22)29-21-25-23-13-26(21)18-4-3-5-19(9-18)28-2/h3-5,9,13-17H,6-8,10-12H2,1-2H3,(H,24,27)/t14-,15?,16?,17?,22?/m0/s1. The Hall–Kier alpha value is -2.02. The first-order valence-corrected chi connectivity index (χ1v) is 11.4. The van der Waals surface area contributed by atoms with Crippen LogP contribution in [0.1, 0.15) is 45.4 Å². The first kappa shape index (κ1) is 19.0. The van der Waals surface area contributed by atoms with Gasteiger partial charge in [0, 0.05) is 11.6 Å². The molecule has 29 heavy (non-hydrogen) atoms. The van der Waals surface area contributed by atoms with Crippen molar-refractivity contribution >= 4 is 17.7 Å². The zero-order valence-corrected chi connectivity index (χ0v) is 17.8. The third kappa shape index (κ3) is 3.65. The number of aromatic nitrogens is 3. The molecule has 2 aromatic rings. The number of carbonyl (C=O) groups excluding carboxylic acids is 1. The molecule has 4 fully saturated rings. The maximum Gasteiger partial charge on any atom is 0.233 e. The minimum absolute atomic E-state index is 0.0428. The zero-order chi connectivity index (χ0) is 20.0. The van der Waals surface area contributed by atoms with Crippen LogP contribution in [0.4, 0.5) is 0 Å². The van der Waals surface area contributed by atoms with Gasteiger partial charge in [-0.3, -0.25) is 9.36 Å². The highest BCUT2D eigenvalue weighted by Crippen LogP contribution is 2.55. The molecule has 6 nitrogen and oxygen atoms in total. The number of thioether (sulfide) groups is 1. The molecule has 6 rings (SSSR count). The molecule has 4 aliphatic rings. The quantitative estimate of drug-likeness (QED) is 0.730. The number of rotatable bonds is 6. The summed E-state index contributed by atoms with van der Waals surface area (Å²) in [5, 5.41) is 12.3. The molecule has 154 valence electrons. The van der Waals surface area contributed by atoms with Gasteiger partial charge in [-0.25, -0.2) is 0 Å². The summed E-state index contributed by atoms with van der Waals surface area (Å²) in [6.07, 6.45) is 9.32. The molecule has 1 N–H and O–H groups in total. The predicted octanol–water partition coefficient (Wildman–Crippen LogP) is 3.84. The third-order valence-electron chi connectivity index (χ3n) is 6.93. The minimum atomic E-state index is -0.225. The Labute approximate surface area is 175 Å². The molecule has 0 radical (unpaired) electrons. The van der Waals surface area contributed by atoms with E-state index in [0.29, 0.717) is 5.16 Å². The van der Waals surface area contributed by atoms with E-state index in [-0.39, 0.29) is 16.7 Å². The van der Waals surface area contributed by atoms with Crippen LogP contribution in [0.25, 0.3) is 5.69 Å². The van der Waals surface area contributed by atoms with E-state index in [1.165, 1.54) is 50.3 Å². The Morgan fingerprint density at radius 1 is 1.24 bits per heavy atom. The molecule has 1 aromatic heterocycles. The Balaban J connectivity index is 1.28. The summed E-state index contributed by atoms with van der Waals surface area (Å²) in [7, 11) is 1.65. The van der Waals surface area contributed by atoms with Crippen molar-refractivity contribution in [2.24, 2.45) is 17.8 Å². The number of ether oxygens (including phenoxy) is 1. The second-order valence-electron chi connectivity index (χ2n) is 9.13. The van der Waals surface area contributed by atoms with E-state index >= 15 is 0 Å². The van der Waals surface area contributed by atoms with Gasteiger partial charge in [0.25, 0.3) is 0 Å². The normalized spacial score (nSPS) is 30.9. The number of hydrogen-bond donors (Lipinski definition) is 1. The lowest BCUT2D eigenvalue weighted by Crippen LogP contribution is -2.60. The maximum atomic E-state index is 13.1. The Kier molecular flexibility index (Phi) is 4.81. The summed E-state index contributed by atoms with van der Waals surface area (Å²) in [6, 6.07) is 7.76. The molecule has 1 aromatic carbocycles. The van der Waals surface area contributed by atoms with E-state index in [9.17, 15) is 4.79 Å². The van der Waals surface area contributed by atoms with Crippen LogP contribution in [0.15, 0.2) is 35.7 Å². The van der Waals surface area contributed by atoms with Gasteiger partial charge in [-0.05, 0) is 75.3 Å². The van der Waals surface area contributed by atoms with E-state index in [1.54, 1.807) is 13.4 Å². The second kappa shape index (κ2) is 7.35. The summed E-state index contributed by atoms with van der Waals surface area (Å²) in [5.74, 6) is 3.36. The van der Waals surface area contributed by atoms with Gasteiger partial charge < -0.3 is 10.1 Å². The van der Waals surface area contributed by atoms with Crippen molar-refractivity contribution in [2.45, 2.75) is 61.4 Å². The Morgan fingerprint density at radius 3 is 2.59 bits per heavy atom. The summed E-state index contributed by atoms with van der Waals surface area (Å²) in [6.45, 7) is 1.96. The molecule has 4 aliphatic carbocycles. The second-order valence-corrected chi connectivity index (χ2v) is 10.4. The summed E-state index contributed by atoms with van der Waals surface area (Å²) >= 11 is 1.46. The fourth-order valence-electron chi connectivity index (χ4n) is 6.08. The first-order chi connectivity index (χ1) is 14.0. The van der Waals surface area contributed by atoms with E-state index in [2.05, 4.69) is 15.5 Å². The molecule has 7 heteroatoms. The van der Waals surface area contributed by atoms with Crippen LogP contribution in [0, 0.1) is 17.8 Å². The highest BCUT2D eigenvalue weighted by molar-refractivity contribution is 8.00. The molecule has 0 spiro atoms. The molecular weight excluding hydrogens is 384 g/mol. The molecule has 0 saturated heterocycles. The fourth-order valence-corrected chi connectivity index (χ4v) is 6.92. The van der Waals surface area contributed by atoms with Crippen LogP contribution < -0.4 is 10.1 Å². The SMILES string of the molecule is COc1cccc(-n2cnnc2S[C@@H](C)C(=O)NC23CC4CC(CC(C4)C2)C3)c1. The van der Waals surface area contributed by atoms with Gasteiger partial charge in [-0.15, -0.1) is 10.2 Å². The average molecular weight is 413 g/mol. The largest absolute Gasteiger partial charge is 0.497 e. The van der Waals surface area contributed by atoms with E-state index < -0.39 is 0 Å². The lowest BCUT2D eigenvalue weighted by atomic mass is 9.53. The number of carbonyl (C=O) groups is 1. The van der Waals surface area contributed by atoms with Gasteiger partial charge in [0.2, 0.25) is 5.91 Å². The number of nitrogens with zero attached hydrogens (tertiary/aromatic N) is 3. The van der Waals surface area contributed by atoms with Crippen LogP contribution in [0.5, 0.6) is 5.75 Å². The van der Waals surface area contributed by atoms with Crippen LogP contribution in [-0.2, 0) is 4.79 Å². The van der Waals surface area contributed by atoms with Gasteiger partial charge in [0.15, 0.2) is 5.16 Å². The molecule has 4 saturated carbocycles. The van der Waals surface area contributed by atoms with Crippen molar-refractivity contribution in [3.8, 4) is 11.4 Å². The van der Waals surface area contributed by atoms with Gasteiger partial charge in [-0.2, -0.15) is 0 Å². The van der Waals surface area contributed by atoms with Crippen molar-refractivity contribution in [2.75, 3.05) is 7.11 Å². The monoisotopic (exact) mass is 412 g/mol. The maximum absolute atomic E-state index is 13.1. The number of hydrogen-bond acceptors (Lipinski definition) is 5. The molecular formula is C22H28N4O2S. The van der Waals surface area contributed by atoms with Crippen molar-refractivity contribution < 1.29 is 9.53 Å². The van der Waals surface area contributed by atoms with Crippen LogP contribution in [0.3, 0.4) is 0 Å². The number of benzene rings is 1. The summed E-state index contributed by atoms with van der Waals surface area (Å²) in [4.78, 5) is 13.1. The topological polar surface area (TPSA) is 69.0 Å². The molecule has 0 unspecified atom stereocenters. The van der Waals surface area contributed by atoms with Crippen LogP contribution in [-0.4, -0.2) is 38.6 Å². The van der Waals surface area contributed by atoms with E-state index in [0.717, 1.165) is 29.2 Å². The number of nitrogens with one attached hydrogen (secondary N) is 1. The lowest BCUT2D eigenvalue weighted by molar-refractivity contribution is -0.126. The lowest BCUT2D eigenvalue weighted by Gasteiger charge is -2.57. The van der Waals surface area contributed by atoms with Crippen LogP contribution in [0.2, 0.25) is 0 Å². The fraction of sp³-hybridized carbons (Fsp3) is 0.591. The van der Waals surface area contributed by atoms with Crippen LogP contribution >= 0.6 is 11.8 Å². The van der Waals surface area contributed by atoms with E-state index in [4.69, 9.17) is 4.74 Å². The first-order valence-electron chi connectivity index (χ1n) is 10.6. The number of amides is 1. The summed E-state index contributed by atoms with van der Waals surface area (Å²) in [5.41, 5.74) is 0.965. The average Bonchev–Trinajstić information content (AvgIpc) is 3.14. The van der Waals surface area contributed by atoms with Gasteiger partial charge in [0.05, 0.1) is 18.0 Å². The Bertz CT molecular complexity index is 876. The predicted molar refractivity (Wildman–Crippen MR) is 112 cm³/mol. The highest BCUT2D eigenvalue weighted by atomic mass is 32.2. The van der Waals surface area contributed by atoms with Gasteiger partial charge in [-0.1, -0.05) is 17.8 Å². The van der Waals surface area contributed by atoms with Crippen molar-refractivity contribution in [3.05, 3.63) is 30.6 Å². The molecule has 1 atom stereocenters. The molecule has 4 bridgehead atoms. The molecule has 0 aliphatic heterocycles. The minimum Gasteiger partial charge on any atom is -0.497 e. The zero-order valence-electron chi connectivity index (χ0n) is 17.0. The smallest absolute Gasteiger partial charge is 0.233 e. The molecule has 1 amide bonds.